The molecule has 0 heterocycles. The SMILES string of the molecule is CS(=O)(=O)c1ccc(NCCCc2cccc(F)c2)c([N+](=O)[O-])c1. The second-order valence-electron chi connectivity index (χ2n) is 5.37. The van der Waals surface area contributed by atoms with E-state index in [0.717, 1.165) is 17.9 Å². The molecule has 0 bridgehead atoms. The molecule has 0 atom stereocenters. The molecule has 8 heteroatoms. The summed E-state index contributed by atoms with van der Waals surface area (Å²) in [6.07, 6.45) is 2.27. The van der Waals surface area contributed by atoms with Gasteiger partial charge in [0.25, 0.3) is 5.69 Å². The molecule has 2 aromatic rings. The number of hydrogen-bond acceptors (Lipinski definition) is 5. The van der Waals surface area contributed by atoms with Gasteiger partial charge in [0.15, 0.2) is 9.84 Å². The largest absolute Gasteiger partial charge is 0.379 e. The van der Waals surface area contributed by atoms with Crippen molar-refractivity contribution >= 4 is 21.2 Å². The number of nitrogens with one attached hydrogen (secondary N) is 1. The van der Waals surface area contributed by atoms with E-state index in [1.807, 2.05) is 6.07 Å². The monoisotopic (exact) mass is 352 g/mol. The van der Waals surface area contributed by atoms with Crippen LogP contribution in [0.4, 0.5) is 15.8 Å². The van der Waals surface area contributed by atoms with Gasteiger partial charge in [0.2, 0.25) is 0 Å². The first-order valence-corrected chi connectivity index (χ1v) is 9.13. The highest BCUT2D eigenvalue weighted by atomic mass is 32.2. The van der Waals surface area contributed by atoms with Gasteiger partial charge in [-0.25, -0.2) is 12.8 Å². The molecule has 1 N–H and O–H groups in total. The maximum Gasteiger partial charge on any atom is 0.293 e. The van der Waals surface area contributed by atoms with Crippen LogP contribution in [0, 0.1) is 15.9 Å². The molecule has 0 saturated heterocycles. The van der Waals surface area contributed by atoms with Crippen LogP contribution in [0.25, 0.3) is 0 Å². The van der Waals surface area contributed by atoms with Gasteiger partial charge < -0.3 is 5.32 Å². The van der Waals surface area contributed by atoms with E-state index in [9.17, 15) is 22.9 Å². The summed E-state index contributed by atoms with van der Waals surface area (Å²) in [7, 11) is -3.51. The minimum absolute atomic E-state index is 0.0977. The first-order chi connectivity index (χ1) is 11.3. The second-order valence-corrected chi connectivity index (χ2v) is 7.38. The van der Waals surface area contributed by atoms with E-state index >= 15 is 0 Å². The highest BCUT2D eigenvalue weighted by Gasteiger charge is 2.18. The van der Waals surface area contributed by atoms with Crippen molar-refractivity contribution in [3.63, 3.8) is 0 Å². The maximum absolute atomic E-state index is 13.1. The molecule has 0 aliphatic carbocycles. The molecular formula is C16H17FN2O4S. The quantitative estimate of drug-likeness (QED) is 0.470. The Bertz CT molecular complexity index is 853. The molecular weight excluding hydrogens is 335 g/mol. The molecule has 0 saturated carbocycles. The van der Waals surface area contributed by atoms with Gasteiger partial charge >= 0.3 is 0 Å². The zero-order valence-electron chi connectivity index (χ0n) is 13.0. The van der Waals surface area contributed by atoms with Crippen molar-refractivity contribution in [3.05, 3.63) is 64.0 Å². The number of hydrogen-bond donors (Lipinski definition) is 1. The fourth-order valence-electron chi connectivity index (χ4n) is 2.25. The van der Waals surface area contributed by atoms with E-state index in [2.05, 4.69) is 5.32 Å². The molecule has 2 rings (SSSR count). The molecule has 0 radical (unpaired) electrons. The Morgan fingerprint density at radius 3 is 2.58 bits per heavy atom. The lowest BCUT2D eigenvalue weighted by molar-refractivity contribution is -0.384. The molecule has 0 aliphatic heterocycles. The predicted molar refractivity (Wildman–Crippen MR) is 89.4 cm³/mol. The lowest BCUT2D eigenvalue weighted by Crippen LogP contribution is -2.07. The summed E-state index contributed by atoms with van der Waals surface area (Å²) in [4.78, 5) is 10.4. The van der Waals surface area contributed by atoms with Crippen LogP contribution in [-0.2, 0) is 16.3 Å². The number of aryl methyl sites for hydroxylation is 1. The summed E-state index contributed by atoms with van der Waals surface area (Å²) in [5, 5.41) is 14.0. The molecule has 6 nitrogen and oxygen atoms in total. The number of rotatable bonds is 7. The third-order valence-electron chi connectivity index (χ3n) is 3.44. The van der Waals surface area contributed by atoms with Gasteiger partial charge in [0.1, 0.15) is 11.5 Å². The summed E-state index contributed by atoms with van der Waals surface area (Å²) in [6, 6.07) is 10.0. The van der Waals surface area contributed by atoms with E-state index in [4.69, 9.17) is 0 Å². The Morgan fingerprint density at radius 1 is 1.21 bits per heavy atom. The number of sulfone groups is 1. The molecule has 2 aromatic carbocycles. The fraction of sp³-hybridized carbons (Fsp3) is 0.250. The molecule has 0 aromatic heterocycles. The van der Waals surface area contributed by atoms with Crippen molar-refractivity contribution in [1.82, 2.24) is 0 Å². The Balaban J connectivity index is 2.03. The van der Waals surface area contributed by atoms with Crippen molar-refractivity contribution in [3.8, 4) is 0 Å². The number of benzene rings is 2. The Labute approximate surface area is 139 Å². The van der Waals surface area contributed by atoms with Crippen molar-refractivity contribution < 1.29 is 17.7 Å². The van der Waals surface area contributed by atoms with Gasteiger partial charge in [-0.2, -0.15) is 0 Å². The van der Waals surface area contributed by atoms with Crippen LogP contribution < -0.4 is 5.32 Å². The number of nitro benzene ring substituents is 1. The number of halogens is 1. The third-order valence-corrected chi connectivity index (χ3v) is 4.55. The highest BCUT2D eigenvalue weighted by Crippen LogP contribution is 2.27. The average molecular weight is 352 g/mol. The molecule has 0 unspecified atom stereocenters. The highest BCUT2D eigenvalue weighted by molar-refractivity contribution is 7.90. The molecule has 128 valence electrons. The molecule has 0 fully saturated rings. The van der Waals surface area contributed by atoms with Crippen molar-refractivity contribution in [1.29, 1.82) is 0 Å². The van der Waals surface area contributed by atoms with Gasteiger partial charge in [-0.3, -0.25) is 10.1 Å². The fourth-order valence-corrected chi connectivity index (χ4v) is 2.89. The van der Waals surface area contributed by atoms with E-state index in [1.54, 1.807) is 6.07 Å². The standard InChI is InChI=1S/C16H17FN2O4S/c1-24(22,23)14-7-8-15(16(11-14)19(20)21)18-9-3-5-12-4-2-6-13(17)10-12/h2,4,6-8,10-11,18H,3,5,9H2,1H3. The van der Waals surface area contributed by atoms with E-state index < -0.39 is 14.8 Å². The molecule has 0 aliphatic rings. The van der Waals surface area contributed by atoms with Crippen LogP contribution in [0.1, 0.15) is 12.0 Å². The van der Waals surface area contributed by atoms with Crippen LogP contribution in [-0.4, -0.2) is 26.1 Å². The molecule has 24 heavy (non-hydrogen) atoms. The summed E-state index contributed by atoms with van der Waals surface area (Å²) < 4.78 is 36.1. The van der Waals surface area contributed by atoms with Crippen LogP contribution in [0.3, 0.4) is 0 Å². The smallest absolute Gasteiger partial charge is 0.293 e. The van der Waals surface area contributed by atoms with E-state index in [0.29, 0.717) is 19.4 Å². The predicted octanol–water partition coefficient (Wildman–Crippen LogP) is 3.18. The number of anilines is 1. The molecule has 0 spiro atoms. The minimum Gasteiger partial charge on any atom is -0.379 e. The lowest BCUT2D eigenvalue weighted by atomic mass is 10.1. The minimum atomic E-state index is -3.51. The van der Waals surface area contributed by atoms with Crippen LogP contribution in [0.5, 0.6) is 0 Å². The first kappa shape index (κ1) is 17.9. The average Bonchev–Trinajstić information content (AvgIpc) is 2.50. The van der Waals surface area contributed by atoms with E-state index in [-0.39, 0.29) is 22.1 Å². The lowest BCUT2D eigenvalue weighted by Gasteiger charge is -2.08. The van der Waals surface area contributed by atoms with Gasteiger partial charge in [0.05, 0.1) is 9.82 Å². The van der Waals surface area contributed by atoms with Crippen molar-refractivity contribution in [2.24, 2.45) is 0 Å². The third kappa shape index (κ3) is 4.76. The van der Waals surface area contributed by atoms with E-state index in [1.165, 1.54) is 24.3 Å². The van der Waals surface area contributed by atoms with Gasteiger partial charge in [-0.15, -0.1) is 0 Å². The van der Waals surface area contributed by atoms with Crippen LogP contribution >= 0.6 is 0 Å². The summed E-state index contributed by atoms with van der Waals surface area (Å²) in [6.45, 7) is 0.440. The maximum atomic E-state index is 13.1. The Hall–Kier alpha value is -2.48. The first-order valence-electron chi connectivity index (χ1n) is 7.24. The second kappa shape index (κ2) is 7.39. The zero-order chi connectivity index (χ0) is 17.7. The van der Waals surface area contributed by atoms with Crippen LogP contribution in [0.15, 0.2) is 47.4 Å². The zero-order valence-corrected chi connectivity index (χ0v) is 13.8. The summed E-state index contributed by atoms with van der Waals surface area (Å²) in [5.41, 5.74) is 0.814. The normalized spacial score (nSPS) is 11.2. The topological polar surface area (TPSA) is 89.3 Å². The van der Waals surface area contributed by atoms with Gasteiger partial charge in [0, 0.05) is 18.9 Å². The summed E-state index contributed by atoms with van der Waals surface area (Å²) in [5.74, 6) is -0.299. The Kier molecular flexibility index (Phi) is 5.50. The summed E-state index contributed by atoms with van der Waals surface area (Å²) >= 11 is 0. The molecule has 0 amide bonds. The van der Waals surface area contributed by atoms with Gasteiger partial charge in [-0.1, -0.05) is 12.1 Å². The van der Waals surface area contributed by atoms with Crippen molar-refractivity contribution in [2.45, 2.75) is 17.7 Å². The number of nitro groups is 1. The number of nitrogens with zero attached hydrogens (tertiary/aromatic N) is 1. The van der Waals surface area contributed by atoms with Crippen molar-refractivity contribution in [2.75, 3.05) is 18.1 Å². The Morgan fingerprint density at radius 2 is 1.96 bits per heavy atom. The van der Waals surface area contributed by atoms with Gasteiger partial charge in [-0.05, 0) is 42.7 Å². The van der Waals surface area contributed by atoms with Crippen LogP contribution in [0.2, 0.25) is 0 Å².